The van der Waals surface area contributed by atoms with E-state index in [0.717, 1.165) is 5.56 Å². The third-order valence-electron chi connectivity index (χ3n) is 4.22. The first kappa shape index (κ1) is 24.5. The number of carbonyl (C=O) groups excluding carboxylic acids is 3. The van der Waals surface area contributed by atoms with Gasteiger partial charge in [-0.1, -0.05) is 12.1 Å². The van der Waals surface area contributed by atoms with Gasteiger partial charge in [0.1, 0.15) is 0 Å². The number of likely N-dealkylation sites (N-methyl/N-ethyl adjacent to an activating group) is 1. The van der Waals surface area contributed by atoms with Crippen molar-refractivity contribution in [2.24, 2.45) is 0 Å². The number of benzene rings is 2. The van der Waals surface area contributed by atoms with Gasteiger partial charge in [0.15, 0.2) is 18.1 Å². The zero-order valence-corrected chi connectivity index (χ0v) is 18.8. The van der Waals surface area contributed by atoms with E-state index in [1.807, 2.05) is 20.8 Å². The van der Waals surface area contributed by atoms with Crippen molar-refractivity contribution >= 4 is 23.5 Å². The molecule has 0 bridgehead atoms. The maximum Gasteiger partial charge on any atom is 0.319 e. The summed E-state index contributed by atoms with van der Waals surface area (Å²) >= 11 is 0. The molecular weight excluding hydrogens is 412 g/mol. The molecule has 2 rings (SSSR count). The van der Waals surface area contributed by atoms with Gasteiger partial charge in [-0.3, -0.25) is 9.59 Å². The molecule has 2 aromatic carbocycles. The normalized spacial score (nSPS) is 10.3. The van der Waals surface area contributed by atoms with Crippen molar-refractivity contribution in [1.29, 1.82) is 0 Å². The first-order chi connectivity index (χ1) is 15.3. The highest BCUT2D eigenvalue weighted by Gasteiger charge is 2.11. The van der Waals surface area contributed by atoms with E-state index < -0.39 is 0 Å². The zero-order valence-electron chi connectivity index (χ0n) is 18.8. The monoisotopic (exact) mass is 442 g/mol. The number of methoxy groups -OCH3 is 1. The smallest absolute Gasteiger partial charge is 0.319 e. The minimum Gasteiger partial charge on any atom is -0.493 e. The van der Waals surface area contributed by atoms with Crippen molar-refractivity contribution < 1.29 is 23.9 Å². The van der Waals surface area contributed by atoms with Crippen LogP contribution in [0.1, 0.15) is 36.7 Å². The third-order valence-corrected chi connectivity index (χ3v) is 4.22. The van der Waals surface area contributed by atoms with Crippen molar-refractivity contribution in [3.8, 4) is 11.5 Å². The highest BCUT2D eigenvalue weighted by Crippen LogP contribution is 2.28. The van der Waals surface area contributed by atoms with Crippen molar-refractivity contribution in [2.45, 2.75) is 33.4 Å². The Morgan fingerprint density at radius 2 is 1.78 bits per heavy atom. The van der Waals surface area contributed by atoms with Crippen LogP contribution in [0, 0.1) is 0 Å². The highest BCUT2D eigenvalue weighted by molar-refractivity contribution is 5.96. The maximum atomic E-state index is 12.6. The zero-order chi connectivity index (χ0) is 23.5. The van der Waals surface area contributed by atoms with Crippen molar-refractivity contribution in [3.05, 3.63) is 53.6 Å². The van der Waals surface area contributed by atoms with Gasteiger partial charge >= 0.3 is 6.03 Å². The van der Waals surface area contributed by atoms with Crippen LogP contribution in [0.2, 0.25) is 0 Å². The average molecular weight is 443 g/mol. The third kappa shape index (κ3) is 7.82. The second-order valence-electron chi connectivity index (χ2n) is 7.24. The largest absolute Gasteiger partial charge is 0.493 e. The van der Waals surface area contributed by atoms with E-state index in [1.54, 1.807) is 42.5 Å². The van der Waals surface area contributed by atoms with E-state index in [-0.39, 0.29) is 37.0 Å². The summed E-state index contributed by atoms with van der Waals surface area (Å²) in [5.41, 5.74) is 1.73. The standard InChI is InChI=1S/C23H30N4O5/c1-5-24-21(28)14-32-19-10-9-16(11-20(19)31-4)13-25-22(29)17-7-6-8-18(12-17)27-23(30)26-15(2)3/h6-12,15H,5,13-14H2,1-4H3,(H,24,28)(H,25,29)(H2,26,27,30). The lowest BCUT2D eigenvalue weighted by Crippen LogP contribution is -2.34. The molecule has 0 aliphatic rings. The molecule has 0 spiro atoms. The number of hydrogen-bond acceptors (Lipinski definition) is 5. The van der Waals surface area contributed by atoms with E-state index in [4.69, 9.17) is 9.47 Å². The quantitative estimate of drug-likeness (QED) is 0.451. The molecule has 0 aliphatic carbocycles. The van der Waals surface area contributed by atoms with Gasteiger partial charge in [-0.15, -0.1) is 0 Å². The molecule has 0 saturated carbocycles. The lowest BCUT2D eigenvalue weighted by molar-refractivity contribution is -0.123. The van der Waals surface area contributed by atoms with Gasteiger partial charge in [0.25, 0.3) is 11.8 Å². The predicted molar refractivity (Wildman–Crippen MR) is 122 cm³/mol. The van der Waals surface area contributed by atoms with Gasteiger partial charge in [-0.25, -0.2) is 4.79 Å². The predicted octanol–water partition coefficient (Wildman–Crippen LogP) is 2.67. The number of nitrogens with one attached hydrogen (secondary N) is 4. The number of rotatable bonds is 10. The Labute approximate surface area is 187 Å². The Morgan fingerprint density at radius 3 is 2.47 bits per heavy atom. The van der Waals surface area contributed by atoms with Crippen LogP contribution >= 0.6 is 0 Å². The number of anilines is 1. The molecule has 0 fully saturated rings. The van der Waals surface area contributed by atoms with Gasteiger partial charge in [-0.2, -0.15) is 0 Å². The Balaban J connectivity index is 1.96. The van der Waals surface area contributed by atoms with Gasteiger partial charge in [0.05, 0.1) is 7.11 Å². The van der Waals surface area contributed by atoms with Gasteiger partial charge in [0, 0.05) is 30.4 Å². The number of urea groups is 1. The Morgan fingerprint density at radius 1 is 1.00 bits per heavy atom. The van der Waals surface area contributed by atoms with Crippen LogP contribution < -0.4 is 30.7 Å². The van der Waals surface area contributed by atoms with Crippen LogP contribution in [0.25, 0.3) is 0 Å². The topological polar surface area (TPSA) is 118 Å². The van der Waals surface area contributed by atoms with Crippen LogP contribution in [0.3, 0.4) is 0 Å². The molecule has 4 amide bonds. The lowest BCUT2D eigenvalue weighted by atomic mass is 10.1. The second-order valence-corrected chi connectivity index (χ2v) is 7.24. The van der Waals surface area contributed by atoms with Crippen LogP contribution in [-0.2, 0) is 11.3 Å². The highest BCUT2D eigenvalue weighted by atomic mass is 16.5. The molecule has 9 heteroatoms. The minimum atomic E-state index is -0.334. The summed E-state index contributed by atoms with van der Waals surface area (Å²) in [5.74, 6) is 0.397. The van der Waals surface area contributed by atoms with Gasteiger partial charge in [0.2, 0.25) is 0 Å². The molecule has 0 radical (unpaired) electrons. The van der Waals surface area contributed by atoms with Crippen LogP contribution in [0.15, 0.2) is 42.5 Å². The molecule has 0 heterocycles. The van der Waals surface area contributed by atoms with E-state index in [9.17, 15) is 14.4 Å². The minimum absolute atomic E-state index is 0.00348. The maximum absolute atomic E-state index is 12.6. The fourth-order valence-corrected chi connectivity index (χ4v) is 2.78. The summed E-state index contributed by atoms with van der Waals surface area (Å²) < 4.78 is 10.8. The first-order valence-corrected chi connectivity index (χ1v) is 10.3. The molecular formula is C23H30N4O5. The molecule has 0 saturated heterocycles. The molecule has 172 valence electrons. The summed E-state index contributed by atoms with van der Waals surface area (Å²) in [7, 11) is 1.50. The fraction of sp³-hybridized carbons (Fsp3) is 0.348. The first-order valence-electron chi connectivity index (χ1n) is 10.3. The summed E-state index contributed by atoms with van der Waals surface area (Å²) in [6.07, 6.45) is 0. The van der Waals surface area contributed by atoms with Crippen molar-refractivity contribution in [2.75, 3.05) is 25.6 Å². The summed E-state index contributed by atoms with van der Waals surface area (Å²) in [6, 6.07) is 11.6. The van der Waals surface area contributed by atoms with E-state index in [2.05, 4.69) is 21.3 Å². The Kier molecular flexibility index (Phi) is 9.34. The molecule has 0 aliphatic heterocycles. The second kappa shape index (κ2) is 12.2. The number of ether oxygens (including phenoxy) is 2. The Bertz CT molecular complexity index is 946. The number of carbonyl (C=O) groups is 3. The van der Waals surface area contributed by atoms with Crippen molar-refractivity contribution in [3.63, 3.8) is 0 Å². The molecule has 0 atom stereocenters. The molecule has 0 aromatic heterocycles. The van der Waals surface area contributed by atoms with E-state index in [1.165, 1.54) is 7.11 Å². The SMILES string of the molecule is CCNC(=O)COc1ccc(CNC(=O)c2cccc(NC(=O)NC(C)C)c2)cc1OC. The molecule has 0 unspecified atom stereocenters. The lowest BCUT2D eigenvalue weighted by Gasteiger charge is -2.13. The fourth-order valence-electron chi connectivity index (χ4n) is 2.78. The van der Waals surface area contributed by atoms with Crippen LogP contribution in [0.4, 0.5) is 10.5 Å². The van der Waals surface area contributed by atoms with E-state index in [0.29, 0.717) is 29.3 Å². The molecule has 32 heavy (non-hydrogen) atoms. The van der Waals surface area contributed by atoms with Crippen molar-refractivity contribution in [1.82, 2.24) is 16.0 Å². The Hall–Kier alpha value is -3.75. The summed E-state index contributed by atoms with van der Waals surface area (Å²) in [4.78, 5) is 36.0. The molecule has 9 nitrogen and oxygen atoms in total. The number of amides is 4. The number of hydrogen-bond donors (Lipinski definition) is 4. The van der Waals surface area contributed by atoms with E-state index >= 15 is 0 Å². The van der Waals surface area contributed by atoms with Crippen LogP contribution in [0.5, 0.6) is 11.5 Å². The molecule has 2 aromatic rings. The van der Waals surface area contributed by atoms with Crippen LogP contribution in [-0.4, -0.2) is 44.1 Å². The molecule has 4 N–H and O–H groups in total. The average Bonchev–Trinajstić information content (AvgIpc) is 2.76. The van der Waals surface area contributed by atoms with Gasteiger partial charge < -0.3 is 30.7 Å². The summed E-state index contributed by atoms with van der Waals surface area (Å²) in [5, 5.41) is 10.9. The van der Waals surface area contributed by atoms with Gasteiger partial charge in [-0.05, 0) is 56.7 Å². The summed E-state index contributed by atoms with van der Waals surface area (Å²) in [6.45, 7) is 6.23.